The van der Waals surface area contributed by atoms with Crippen LogP contribution in [0.5, 0.6) is 5.88 Å². The molecular weight excluding hydrogens is 270 g/mol. The summed E-state index contributed by atoms with van der Waals surface area (Å²) in [5.41, 5.74) is 7.04. The topological polar surface area (TPSA) is 90.0 Å². The van der Waals surface area contributed by atoms with Crippen LogP contribution in [0.15, 0.2) is 35.5 Å². The van der Waals surface area contributed by atoms with Crippen LogP contribution in [0.2, 0.25) is 0 Å². The predicted molar refractivity (Wildman–Crippen MR) is 80.8 cm³/mol. The van der Waals surface area contributed by atoms with Gasteiger partial charge in [-0.25, -0.2) is 4.98 Å². The second-order valence-corrected chi connectivity index (χ2v) is 4.60. The molecular formula is C15H19N3O3. The molecule has 0 spiro atoms. The smallest absolute Gasteiger partial charge is 0.214 e. The molecule has 0 saturated carbocycles. The first-order valence-electron chi connectivity index (χ1n) is 6.77. The maximum atomic E-state index is 8.92. The van der Waals surface area contributed by atoms with Crippen molar-refractivity contribution in [3.63, 3.8) is 0 Å². The van der Waals surface area contributed by atoms with E-state index in [2.05, 4.69) is 10.1 Å². The molecule has 3 N–H and O–H groups in total. The molecule has 1 atom stereocenters. The van der Waals surface area contributed by atoms with Crippen molar-refractivity contribution in [2.75, 3.05) is 13.2 Å². The van der Waals surface area contributed by atoms with E-state index < -0.39 is 0 Å². The number of hydrogen-bond acceptors (Lipinski definition) is 5. The number of nitrogens with two attached hydrogens (primary N) is 1. The van der Waals surface area contributed by atoms with E-state index in [4.69, 9.17) is 20.4 Å². The Labute approximate surface area is 123 Å². The number of oxime groups is 1. The van der Waals surface area contributed by atoms with Crippen LogP contribution in [-0.4, -0.2) is 35.3 Å². The SMILES string of the molecule is CCOCC(C)Oc1cc(/C(N)=N/O)c2ccccc2n1. The van der Waals surface area contributed by atoms with Gasteiger partial charge in [-0.15, -0.1) is 0 Å². The van der Waals surface area contributed by atoms with Gasteiger partial charge in [-0.2, -0.15) is 0 Å². The van der Waals surface area contributed by atoms with Gasteiger partial charge in [0.05, 0.1) is 12.1 Å². The van der Waals surface area contributed by atoms with E-state index in [1.807, 2.05) is 38.1 Å². The predicted octanol–water partition coefficient (Wildman–Crippen LogP) is 2.13. The van der Waals surface area contributed by atoms with Crippen molar-refractivity contribution in [1.82, 2.24) is 4.98 Å². The Balaban J connectivity index is 2.37. The van der Waals surface area contributed by atoms with Gasteiger partial charge in [0.2, 0.25) is 5.88 Å². The number of para-hydroxylation sites is 1. The van der Waals surface area contributed by atoms with E-state index in [0.29, 0.717) is 24.7 Å². The van der Waals surface area contributed by atoms with Crippen LogP contribution in [0.3, 0.4) is 0 Å². The van der Waals surface area contributed by atoms with E-state index in [0.717, 1.165) is 10.9 Å². The summed E-state index contributed by atoms with van der Waals surface area (Å²) in [5, 5.41) is 12.8. The maximum absolute atomic E-state index is 8.92. The van der Waals surface area contributed by atoms with Crippen molar-refractivity contribution >= 4 is 16.7 Å². The van der Waals surface area contributed by atoms with Crippen molar-refractivity contribution in [1.29, 1.82) is 0 Å². The van der Waals surface area contributed by atoms with Crippen LogP contribution in [0.1, 0.15) is 19.4 Å². The highest BCUT2D eigenvalue weighted by atomic mass is 16.5. The molecule has 1 heterocycles. The average Bonchev–Trinajstić information content (AvgIpc) is 2.51. The number of aromatic nitrogens is 1. The minimum Gasteiger partial charge on any atom is -0.472 e. The number of ether oxygens (including phenoxy) is 2. The van der Waals surface area contributed by atoms with E-state index in [1.54, 1.807) is 6.07 Å². The van der Waals surface area contributed by atoms with Gasteiger partial charge in [-0.1, -0.05) is 23.4 Å². The van der Waals surface area contributed by atoms with Crippen molar-refractivity contribution in [2.24, 2.45) is 10.9 Å². The Morgan fingerprint density at radius 1 is 1.43 bits per heavy atom. The Hall–Kier alpha value is -2.34. The Morgan fingerprint density at radius 2 is 2.19 bits per heavy atom. The third-order valence-corrected chi connectivity index (χ3v) is 2.95. The molecule has 1 aromatic carbocycles. The van der Waals surface area contributed by atoms with Crippen molar-refractivity contribution in [3.8, 4) is 5.88 Å². The zero-order valence-electron chi connectivity index (χ0n) is 12.1. The van der Waals surface area contributed by atoms with E-state index in [-0.39, 0.29) is 11.9 Å². The molecule has 6 nitrogen and oxygen atoms in total. The monoisotopic (exact) mass is 289 g/mol. The van der Waals surface area contributed by atoms with Crippen molar-refractivity contribution < 1.29 is 14.7 Å². The molecule has 0 amide bonds. The van der Waals surface area contributed by atoms with Crippen molar-refractivity contribution in [2.45, 2.75) is 20.0 Å². The van der Waals surface area contributed by atoms with Crippen LogP contribution in [-0.2, 0) is 4.74 Å². The lowest BCUT2D eigenvalue weighted by Gasteiger charge is -2.15. The van der Waals surface area contributed by atoms with Gasteiger partial charge < -0.3 is 20.4 Å². The summed E-state index contributed by atoms with van der Waals surface area (Å²) in [6.07, 6.45) is -0.140. The first-order valence-corrected chi connectivity index (χ1v) is 6.77. The van der Waals surface area contributed by atoms with Gasteiger partial charge in [0.1, 0.15) is 6.10 Å². The number of fused-ring (bicyclic) bond motifs is 1. The standard InChI is InChI=1S/C15H19N3O3/c1-3-20-9-10(2)21-14-8-12(15(16)18-19)11-6-4-5-7-13(11)17-14/h4-8,10,19H,3,9H2,1-2H3,(H2,16,18). The third kappa shape index (κ3) is 3.61. The normalized spacial score (nSPS) is 13.3. The van der Waals surface area contributed by atoms with E-state index in [9.17, 15) is 0 Å². The second-order valence-electron chi connectivity index (χ2n) is 4.60. The van der Waals surface area contributed by atoms with Crippen LogP contribution in [0.4, 0.5) is 0 Å². The summed E-state index contributed by atoms with van der Waals surface area (Å²) in [7, 11) is 0. The molecule has 0 aliphatic carbocycles. The summed E-state index contributed by atoms with van der Waals surface area (Å²) < 4.78 is 11.0. The Kier molecular flexibility index (Phi) is 4.94. The van der Waals surface area contributed by atoms with Crippen LogP contribution in [0, 0.1) is 0 Å². The molecule has 21 heavy (non-hydrogen) atoms. The fourth-order valence-electron chi connectivity index (χ4n) is 2.00. The highest BCUT2D eigenvalue weighted by molar-refractivity contribution is 6.08. The molecule has 0 bridgehead atoms. The molecule has 2 rings (SSSR count). The zero-order valence-corrected chi connectivity index (χ0v) is 12.1. The molecule has 0 radical (unpaired) electrons. The van der Waals surface area contributed by atoms with Gasteiger partial charge in [0.25, 0.3) is 0 Å². The number of pyridine rings is 1. The highest BCUT2D eigenvalue weighted by Gasteiger charge is 2.12. The van der Waals surface area contributed by atoms with Gasteiger partial charge in [-0.3, -0.25) is 0 Å². The number of nitrogens with zero attached hydrogens (tertiary/aromatic N) is 2. The van der Waals surface area contributed by atoms with E-state index >= 15 is 0 Å². The molecule has 0 saturated heterocycles. The third-order valence-electron chi connectivity index (χ3n) is 2.95. The summed E-state index contributed by atoms with van der Waals surface area (Å²) in [5.74, 6) is 0.443. The van der Waals surface area contributed by atoms with Crippen LogP contribution < -0.4 is 10.5 Å². The van der Waals surface area contributed by atoms with Gasteiger partial charge >= 0.3 is 0 Å². The van der Waals surface area contributed by atoms with E-state index in [1.165, 1.54) is 0 Å². The zero-order chi connectivity index (χ0) is 15.2. The Morgan fingerprint density at radius 3 is 2.90 bits per heavy atom. The summed E-state index contributed by atoms with van der Waals surface area (Å²) in [6.45, 7) is 4.94. The first-order chi connectivity index (χ1) is 10.2. The second kappa shape index (κ2) is 6.90. The molecule has 1 unspecified atom stereocenters. The fraction of sp³-hybridized carbons (Fsp3) is 0.333. The fourth-order valence-corrected chi connectivity index (χ4v) is 2.00. The average molecular weight is 289 g/mol. The number of amidine groups is 1. The van der Waals surface area contributed by atoms with Crippen LogP contribution >= 0.6 is 0 Å². The van der Waals surface area contributed by atoms with Crippen LogP contribution in [0.25, 0.3) is 10.9 Å². The minimum atomic E-state index is -0.140. The van der Waals surface area contributed by atoms with Gasteiger partial charge in [0.15, 0.2) is 5.84 Å². The molecule has 2 aromatic rings. The van der Waals surface area contributed by atoms with Gasteiger partial charge in [-0.05, 0) is 19.9 Å². The summed E-state index contributed by atoms with van der Waals surface area (Å²) >= 11 is 0. The maximum Gasteiger partial charge on any atom is 0.214 e. The molecule has 1 aromatic heterocycles. The highest BCUT2D eigenvalue weighted by Crippen LogP contribution is 2.22. The number of hydrogen-bond donors (Lipinski definition) is 2. The molecule has 0 fully saturated rings. The lowest BCUT2D eigenvalue weighted by molar-refractivity contribution is 0.0635. The number of benzene rings is 1. The van der Waals surface area contributed by atoms with Crippen molar-refractivity contribution in [3.05, 3.63) is 35.9 Å². The van der Waals surface area contributed by atoms with Gasteiger partial charge in [0, 0.05) is 23.6 Å². The molecule has 0 aliphatic heterocycles. The minimum absolute atomic E-state index is 0.0240. The molecule has 112 valence electrons. The first kappa shape index (κ1) is 15.1. The number of rotatable bonds is 6. The lowest BCUT2D eigenvalue weighted by Crippen LogP contribution is -2.20. The Bertz CT molecular complexity index is 643. The molecule has 0 aliphatic rings. The largest absolute Gasteiger partial charge is 0.472 e. The lowest BCUT2D eigenvalue weighted by atomic mass is 10.1. The summed E-state index contributed by atoms with van der Waals surface area (Å²) in [4.78, 5) is 4.43. The summed E-state index contributed by atoms with van der Waals surface area (Å²) in [6, 6.07) is 9.13. The quantitative estimate of drug-likeness (QED) is 0.368. The molecule has 6 heteroatoms.